The number of rotatable bonds is 8. The summed E-state index contributed by atoms with van der Waals surface area (Å²) in [6, 6.07) is 9.52. The van der Waals surface area contributed by atoms with Gasteiger partial charge in [0.05, 0.1) is 0 Å². The van der Waals surface area contributed by atoms with E-state index in [1.165, 1.54) is 30.0 Å². The molecule has 2 nitrogen and oxygen atoms in total. The Balaban J connectivity index is 1.59. The van der Waals surface area contributed by atoms with Gasteiger partial charge in [0, 0.05) is 29.2 Å². The molecule has 0 fully saturated rings. The van der Waals surface area contributed by atoms with Crippen molar-refractivity contribution in [2.45, 2.75) is 43.5 Å². The summed E-state index contributed by atoms with van der Waals surface area (Å²) in [5.74, 6) is 1.94. The summed E-state index contributed by atoms with van der Waals surface area (Å²) in [6.45, 7) is 8.00. The number of unbranched alkanes of at least 4 members (excludes halogenated alkanes) is 1. The van der Waals surface area contributed by atoms with E-state index >= 15 is 0 Å². The van der Waals surface area contributed by atoms with E-state index in [9.17, 15) is 0 Å². The predicted octanol–water partition coefficient (Wildman–Crippen LogP) is 3.59. The van der Waals surface area contributed by atoms with Crippen molar-refractivity contribution < 1.29 is 0 Å². The van der Waals surface area contributed by atoms with Crippen molar-refractivity contribution in [3.63, 3.8) is 0 Å². The fourth-order valence-corrected chi connectivity index (χ4v) is 3.80. The van der Waals surface area contributed by atoms with Gasteiger partial charge in [0.15, 0.2) is 0 Å². The molecule has 20 heavy (non-hydrogen) atoms. The van der Waals surface area contributed by atoms with Crippen LogP contribution >= 0.6 is 11.8 Å². The lowest BCUT2D eigenvalue weighted by atomic mass is 10.0. The summed E-state index contributed by atoms with van der Waals surface area (Å²) in [4.78, 5) is 3.90. The second kappa shape index (κ2) is 8.06. The minimum absolute atomic E-state index is 0.662. The van der Waals surface area contributed by atoms with E-state index < -0.39 is 0 Å². The van der Waals surface area contributed by atoms with Gasteiger partial charge in [-0.2, -0.15) is 0 Å². The number of fused-ring (bicyclic) bond motifs is 1. The van der Waals surface area contributed by atoms with Gasteiger partial charge in [-0.1, -0.05) is 18.2 Å². The molecule has 0 saturated heterocycles. The molecule has 0 radical (unpaired) electrons. The Morgan fingerprint density at radius 1 is 1.30 bits per heavy atom. The molecule has 1 aromatic rings. The molecule has 1 N–H and O–H groups in total. The average Bonchev–Trinajstić information content (AvgIpc) is 2.85. The fraction of sp³-hybridized carbons (Fsp3) is 0.647. The van der Waals surface area contributed by atoms with Crippen LogP contribution < -0.4 is 5.32 Å². The number of hydrogen-bond acceptors (Lipinski definition) is 3. The summed E-state index contributed by atoms with van der Waals surface area (Å²) in [7, 11) is 2.21. The standard InChI is InChI=1S/C17H28N2S/c1-14(2)19(3)11-7-6-10-18-12-15-13-20-17-9-5-4-8-16(15)17/h4-5,8-9,14-15,18H,6-7,10-13H2,1-3H3. The Morgan fingerprint density at radius 2 is 2.10 bits per heavy atom. The van der Waals surface area contributed by atoms with Crippen molar-refractivity contribution in [3.05, 3.63) is 29.8 Å². The van der Waals surface area contributed by atoms with Crippen LogP contribution in [0.2, 0.25) is 0 Å². The molecule has 1 aromatic carbocycles. The van der Waals surface area contributed by atoms with Crippen molar-refractivity contribution in [1.29, 1.82) is 0 Å². The number of nitrogens with one attached hydrogen (secondary N) is 1. The molecule has 0 saturated carbocycles. The number of nitrogens with zero attached hydrogens (tertiary/aromatic N) is 1. The van der Waals surface area contributed by atoms with E-state index in [-0.39, 0.29) is 0 Å². The first-order chi connectivity index (χ1) is 9.68. The molecule has 1 heterocycles. The van der Waals surface area contributed by atoms with Gasteiger partial charge in [0.25, 0.3) is 0 Å². The number of thioether (sulfide) groups is 1. The third kappa shape index (κ3) is 4.51. The molecule has 1 unspecified atom stereocenters. The van der Waals surface area contributed by atoms with Gasteiger partial charge in [0.1, 0.15) is 0 Å². The Labute approximate surface area is 128 Å². The van der Waals surface area contributed by atoms with Crippen LogP contribution in [0.15, 0.2) is 29.2 Å². The molecule has 0 amide bonds. The monoisotopic (exact) mass is 292 g/mol. The third-order valence-electron chi connectivity index (χ3n) is 4.19. The van der Waals surface area contributed by atoms with E-state index in [2.05, 4.69) is 55.4 Å². The highest BCUT2D eigenvalue weighted by atomic mass is 32.2. The molecule has 0 bridgehead atoms. The summed E-state index contributed by atoms with van der Waals surface area (Å²) in [6.07, 6.45) is 2.57. The summed E-state index contributed by atoms with van der Waals surface area (Å²) in [5, 5.41) is 3.64. The molecular weight excluding hydrogens is 264 g/mol. The average molecular weight is 292 g/mol. The highest BCUT2D eigenvalue weighted by Gasteiger charge is 2.21. The zero-order chi connectivity index (χ0) is 14.4. The van der Waals surface area contributed by atoms with Crippen LogP contribution in [0.25, 0.3) is 0 Å². The molecule has 0 spiro atoms. The molecule has 1 aliphatic heterocycles. The maximum absolute atomic E-state index is 3.64. The molecule has 2 rings (SSSR count). The van der Waals surface area contributed by atoms with Crippen LogP contribution in [-0.2, 0) is 0 Å². The van der Waals surface area contributed by atoms with E-state index in [0.717, 1.165) is 13.1 Å². The number of benzene rings is 1. The quantitative estimate of drug-likeness (QED) is 0.737. The topological polar surface area (TPSA) is 15.3 Å². The first-order valence-electron chi connectivity index (χ1n) is 7.81. The van der Waals surface area contributed by atoms with E-state index in [4.69, 9.17) is 0 Å². The smallest absolute Gasteiger partial charge is 0.0108 e. The van der Waals surface area contributed by atoms with Crippen LogP contribution in [0, 0.1) is 0 Å². The molecule has 1 aliphatic rings. The molecule has 3 heteroatoms. The Kier molecular flexibility index (Phi) is 6.40. The minimum Gasteiger partial charge on any atom is -0.316 e. The van der Waals surface area contributed by atoms with Crippen molar-refractivity contribution in [1.82, 2.24) is 10.2 Å². The van der Waals surface area contributed by atoms with Gasteiger partial charge in [-0.3, -0.25) is 0 Å². The van der Waals surface area contributed by atoms with Gasteiger partial charge in [-0.25, -0.2) is 0 Å². The lowest BCUT2D eigenvalue weighted by Crippen LogP contribution is -2.28. The zero-order valence-electron chi connectivity index (χ0n) is 13.1. The largest absolute Gasteiger partial charge is 0.316 e. The van der Waals surface area contributed by atoms with Gasteiger partial charge in [-0.15, -0.1) is 11.8 Å². The van der Waals surface area contributed by atoms with Crippen LogP contribution in [-0.4, -0.2) is 43.4 Å². The first kappa shape index (κ1) is 15.9. The van der Waals surface area contributed by atoms with E-state index in [1.54, 1.807) is 5.56 Å². The highest BCUT2D eigenvalue weighted by molar-refractivity contribution is 7.99. The molecule has 0 aromatic heterocycles. The Bertz CT molecular complexity index is 406. The van der Waals surface area contributed by atoms with Crippen LogP contribution in [0.5, 0.6) is 0 Å². The number of hydrogen-bond donors (Lipinski definition) is 1. The van der Waals surface area contributed by atoms with Crippen molar-refractivity contribution >= 4 is 11.8 Å². The van der Waals surface area contributed by atoms with Crippen molar-refractivity contribution in [2.24, 2.45) is 0 Å². The summed E-state index contributed by atoms with van der Waals surface area (Å²) >= 11 is 2.00. The first-order valence-corrected chi connectivity index (χ1v) is 8.79. The predicted molar refractivity (Wildman–Crippen MR) is 89.8 cm³/mol. The summed E-state index contributed by atoms with van der Waals surface area (Å²) in [5.41, 5.74) is 1.55. The molecule has 1 atom stereocenters. The van der Waals surface area contributed by atoms with Gasteiger partial charge >= 0.3 is 0 Å². The Morgan fingerprint density at radius 3 is 2.90 bits per heavy atom. The van der Waals surface area contributed by atoms with Gasteiger partial charge in [0.2, 0.25) is 0 Å². The van der Waals surface area contributed by atoms with Gasteiger partial charge < -0.3 is 10.2 Å². The lowest BCUT2D eigenvalue weighted by Gasteiger charge is -2.20. The van der Waals surface area contributed by atoms with Crippen molar-refractivity contribution in [3.8, 4) is 0 Å². The van der Waals surface area contributed by atoms with Crippen LogP contribution in [0.4, 0.5) is 0 Å². The lowest BCUT2D eigenvalue weighted by molar-refractivity contribution is 0.268. The molecule has 112 valence electrons. The maximum atomic E-state index is 3.64. The third-order valence-corrected chi connectivity index (χ3v) is 5.44. The zero-order valence-corrected chi connectivity index (χ0v) is 13.9. The Hall–Kier alpha value is -0.510. The maximum Gasteiger partial charge on any atom is 0.0108 e. The van der Waals surface area contributed by atoms with Crippen LogP contribution in [0.3, 0.4) is 0 Å². The normalized spacial score (nSPS) is 17.9. The van der Waals surface area contributed by atoms with E-state index in [1.807, 2.05) is 11.8 Å². The SMILES string of the molecule is CC(C)N(C)CCCCNCC1CSc2ccccc21. The van der Waals surface area contributed by atoms with Crippen molar-refractivity contribution in [2.75, 3.05) is 32.4 Å². The second-order valence-corrected chi connectivity index (χ2v) is 7.09. The highest BCUT2D eigenvalue weighted by Crippen LogP contribution is 2.38. The molecule has 0 aliphatic carbocycles. The minimum atomic E-state index is 0.662. The van der Waals surface area contributed by atoms with Crippen LogP contribution in [0.1, 0.15) is 38.2 Å². The van der Waals surface area contributed by atoms with E-state index in [0.29, 0.717) is 12.0 Å². The van der Waals surface area contributed by atoms with Gasteiger partial charge in [-0.05, 0) is 58.5 Å². The second-order valence-electron chi connectivity index (χ2n) is 6.03. The fourth-order valence-electron chi connectivity index (χ4n) is 2.54. The molecular formula is C17H28N2S. The summed E-state index contributed by atoms with van der Waals surface area (Å²) < 4.78 is 0.